The summed E-state index contributed by atoms with van der Waals surface area (Å²) in [5.74, 6) is 2.05. The number of nitrogens with one attached hydrogen (secondary N) is 2. The highest BCUT2D eigenvalue weighted by molar-refractivity contribution is 5.94. The Balaban J connectivity index is 1.74. The Kier molecular flexibility index (Phi) is 7.70. The zero-order valence-electron chi connectivity index (χ0n) is 15.5. The number of pyridine rings is 1. The number of hydrogen-bond acceptors (Lipinski definition) is 6. The lowest BCUT2D eigenvalue weighted by atomic mass is 10.2. The number of hydrogen-bond donors (Lipinski definition) is 2. The Morgan fingerprint density at radius 2 is 1.85 bits per heavy atom. The standard InChI is InChI=1S/C19H26N4O3/c1-23(2)12-10-21-18-14-15(8-9-20-18)19(24)22-11-13-26-17-6-4-16(25-3)5-7-17/h4-9,14H,10-13H2,1-3H3,(H,20,21)(H,22,24). The van der Waals surface area contributed by atoms with Crippen LogP contribution in [0.4, 0.5) is 5.82 Å². The Hall–Kier alpha value is -2.80. The van der Waals surface area contributed by atoms with Crippen LogP contribution in [-0.2, 0) is 0 Å². The van der Waals surface area contributed by atoms with Gasteiger partial charge in [0.2, 0.25) is 0 Å². The third-order valence-electron chi connectivity index (χ3n) is 3.60. The third-order valence-corrected chi connectivity index (χ3v) is 3.60. The van der Waals surface area contributed by atoms with Crippen LogP contribution in [0.2, 0.25) is 0 Å². The first-order valence-corrected chi connectivity index (χ1v) is 8.48. The number of likely N-dealkylation sites (N-methyl/N-ethyl adjacent to an activating group) is 1. The fraction of sp³-hybridized carbons (Fsp3) is 0.368. The van der Waals surface area contributed by atoms with Gasteiger partial charge in [0.25, 0.3) is 5.91 Å². The molecule has 0 atom stereocenters. The fourth-order valence-corrected chi connectivity index (χ4v) is 2.18. The van der Waals surface area contributed by atoms with Crippen LogP contribution in [0.15, 0.2) is 42.6 Å². The van der Waals surface area contributed by atoms with Gasteiger partial charge in [0.15, 0.2) is 0 Å². The molecule has 2 N–H and O–H groups in total. The molecule has 0 aliphatic heterocycles. The molecule has 0 unspecified atom stereocenters. The quantitative estimate of drug-likeness (QED) is 0.632. The largest absolute Gasteiger partial charge is 0.497 e. The van der Waals surface area contributed by atoms with Crippen molar-refractivity contribution in [3.8, 4) is 11.5 Å². The van der Waals surface area contributed by atoms with Gasteiger partial charge in [-0.25, -0.2) is 4.98 Å². The number of ether oxygens (including phenoxy) is 2. The van der Waals surface area contributed by atoms with Gasteiger partial charge in [0.1, 0.15) is 23.9 Å². The van der Waals surface area contributed by atoms with Crippen LogP contribution in [0.5, 0.6) is 11.5 Å². The SMILES string of the molecule is COc1ccc(OCCNC(=O)c2ccnc(NCCN(C)C)c2)cc1. The van der Waals surface area contributed by atoms with E-state index in [1.54, 1.807) is 25.4 Å². The summed E-state index contributed by atoms with van der Waals surface area (Å²) in [7, 11) is 5.63. The first-order chi connectivity index (χ1) is 12.6. The molecule has 2 rings (SSSR count). The van der Waals surface area contributed by atoms with Crippen LogP contribution >= 0.6 is 0 Å². The Labute approximate surface area is 154 Å². The van der Waals surface area contributed by atoms with Gasteiger partial charge < -0.3 is 25.0 Å². The third kappa shape index (κ3) is 6.60. The molecule has 1 aromatic heterocycles. The van der Waals surface area contributed by atoms with Crippen molar-refractivity contribution in [2.24, 2.45) is 0 Å². The average molecular weight is 358 g/mol. The number of anilines is 1. The second-order valence-electron chi connectivity index (χ2n) is 5.94. The highest BCUT2D eigenvalue weighted by atomic mass is 16.5. The fourth-order valence-electron chi connectivity index (χ4n) is 2.18. The average Bonchev–Trinajstić information content (AvgIpc) is 2.65. The van der Waals surface area contributed by atoms with E-state index in [-0.39, 0.29) is 5.91 Å². The normalized spacial score (nSPS) is 10.5. The molecule has 0 aliphatic carbocycles. The minimum Gasteiger partial charge on any atom is -0.497 e. The van der Waals surface area contributed by atoms with E-state index in [1.165, 1.54) is 0 Å². The maximum absolute atomic E-state index is 12.2. The predicted molar refractivity (Wildman–Crippen MR) is 102 cm³/mol. The van der Waals surface area contributed by atoms with Gasteiger partial charge >= 0.3 is 0 Å². The lowest BCUT2D eigenvalue weighted by molar-refractivity contribution is 0.0947. The summed E-state index contributed by atoms with van der Waals surface area (Å²) in [6.45, 7) is 2.45. The number of aromatic nitrogens is 1. The van der Waals surface area contributed by atoms with Gasteiger partial charge in [-0.2, -0.15) is 0 Å². The number of amides is 1. The van der Waals surface area contributed by atoms with E-state index in [1.807, 2.05) is 38.4 Å². The summed E-state index contributed by atoms with van der Waals surface area (Å²) >= 11 is 0. The molecule has 140 valence electrons. The summed E-state index contributed by atoms with van der Waals surface area (Å²) < 4.78 is 10.7. The number of benzene rings is 1. The summed E-state index contributed by atoms with van der Waals surface area (Å²) in [5, 5.41) is 6.04. The number of carbonyl (C=O) groups excluding carboxylic acids is 1. The molecular formula is C19H26N4O3. The molecule has 7 nitrogen and oxygen atoms in total. The van der Waals surface area contributed by atoms with Crippen molar-refractivity contribution >= 4 is 11.7 Å². The van der Waals surface area contributed by atoms with Crippen molar-refractivity contribution in [3.05, 3.63) is 48.2 Å². The molecule has 2 aromatic rings. The molecule has 0 saturated carbocycles. The lowest BCUT2D eigenvalue weighted by Crippen LogP contribution is -2.28. The van der Waals surface area contributed by atoms with Gasteiger partial charge in [-0.05, 0) is 50.5 Å². The van der Waals surface area contributed by atoms with Gasteiger partial charge in [-0.15, -0.1) is 0 Å². The number of methoxy groups -OCH3 is 1. The van der Waals surface area contributed by atoms with Crippen LogP contribution < -0.4 is 20.1 Å². The second-order valence-corrected chi connectivity index (χ2v) is 5.94. The van der Waals surface area contributed by atoms with Gasteiger partial charge in [-0.3, -0.25) is 4.79 Å². The van der Waals surface area contributed by atoms with Crippen molar-refractivity contribution in [3.63, 3.8) is 0 Å². The molecule has 1 amide bonds. The second kappa shape index (κ2) is 10.2. The van der Waals surface area contributed by atoms with Crippen LogP contribution in [0.25, 0.3) is 0 Å². The highest BCUT2D eigenvalue weighted by Crippen LogP contribution is 2.16. The lowest BCUT2D eigenvalue weighted by Gasteiger charge is -2.11. The highest BCUT2D eigenvalue weighted by Gasteiger charge is 2.06. The van der Waals surface area contributed by atoms with E-state index in [4.69, 9.17) is 9.47 Å². The maximum atomic E-state index is 12.2. The Morgan fingerprint density at radius 3 is 2.54 bits per heavy atom. The smallest absolute Gasteiger partial charge is 0.251 e. The van der Waals surface area contributed by atoms with Crippen LogP contribution in [0.1, 0.15) is 10.4 Å². The molecule has 1 aromatic carbocycles. The van der Waals surface area contributed by atoms with Crippen molar-refractivity contribution in [1.82, 2.24) is 15.2 Å². The van der Waals surface area contributed by atoms with E-state index >= 15 is 0 Å². The molecule has 0 fully saturated rings. The first kappa shape index (κ1) is 19.5. The number of rotatable bonds is 10. The van der Waals surface area contributed by atoms with Crippen LogP contribution in [-0.4, -0.2) is 63.2 Å². The molecule has 7 heteroatoms. The Bertz CT molecular complexity index is 689. The maximum Gasteiger partial charge on any atom is 0.251 e. The van der Waals surface area contributed by atoms with E-state index in [0.717, 1.165) is 24.6 Å². The summed E-state index contributed by atoms with van der Waals surface area (Å²) in [6, 6.07) is 10.8. The molecule has 0 spiro atoms. The van der Waals surface area contributed by atoms with Gasteiger partial charge in [0.05, 0.1) is 13.7 Å². The Morgan fingerprint density at radius 1 is 1.12 bits per heavy atom. The van der Waals surface area contributed by atoms with E-state index < -0.39 is 0 Å². The van der Waals surface area contributed by atoms with Crippen molar-refractivity contribution < 1.29 is 14.3 Å². The monoisotopic (exact) mass is 358 g/mol. The molecule has 1 heterocycles. The molecule has 26 heavy (non-hydrogen) atoms. The summed E-state index contributed by atoms with van der Waals surface area (Å²) in [4.78, 5) is 18.5. The van der Waals surface area contributed by atoms with Gasteiger partial charge in [0, 0.05) is 24.8 Å². The molecule has 0 saturated heterocycles. The van der Waals surface area contributed by atoms with Crippen LogP contribution in [0, 0.1) is 0 Å². The zero-order valence-corrected chi connectivity index (χ0v) is 15.5. The van der Waals surface area contributed by atoms with E-state index in [9.17, 15) is 4.79 Å². The predicted octanol–water partition coefficient (Wildman–Crippen LogP) is 1.87. The van der Waals surface area contributed by atoms with E-state index in [2.05, 4.69) is 20.5 Å². The molecule has 0 aliphatic rings. The van der Waals surface area contributed by atoms with Crippen molar-refractivity contribution in [2.45, 2.75) is 0 Å². The van der Waals surface area contributed by atoms with Crippen molar-refractivity contribution in [1.29, 1.82) is 0 Å². The minimum atomic E-state index is -0.151. The number of carbonyl (C=O) groups is 1. The molecule has 0 radical (unpaired) electrons. The van der Waals surface area contributed by atoms with E-state index in [0.29, 0.717) is 24.5 Å². The summed E-state index contributed by atoms with van der Waals surface area (Å²) in [6.07, 6.45) is 1.63. The molecule has 0 bridgehead atoms. The van der Waals surface area contributed by atoms with Gasteiger partial charge in [-0.1, -0.05) is 0 Å². The number of nitrogens with zero attached hydrogens (tertiary/aromatic N) is 2. The molecular weight excluding hydrogens is 332 g/mol. The zero-order chi connectivity index (χ0) is 18.8. The minimum absolute atomic E-state index is 0.151. The van der Waals surface area contributed by atoms with Crippen LogP contribution in [0.3, 0.4) is 0 Å². The summed E-state index contributed by atoms with van der Waals surface area (Å²) in [5.41, 5.74) is 0.566. The van der Waals surface area contributed by atoms with Crippen molar-refractivity contribution in [2.75, 3.05) is 52.8 Å². The first-order valence-electron chi connectivity index (χ1n) is 8.48. The topological polar surface area (TPSA) is 75.7 Å².